The molecule has 0 bridgehead atoms. The average molecular weight is 389 g/mol. The number of nitrogens with one attached hydrogen (secondary N) is 2. The highest BCUT2D eigenvalue weighted by molar-refractivity contribution is 5.79. The lowest BCUT2D eigenvalue weighted by Crippen LogP contribution is -2.70. The fourth-order valence-electron chi connectivity index (χ4n) is 5.08. The largest absolute Gasteiger partial charge is 0.493 e. The van der Waals surface area contributed by atoms with Crippen LogP contribution in [0.15, 0.2) is 12.3 Å². The summed E-state index contributed by atoms with van der Waals surface area (Å²) in [4.78, 5) is 15.9. The van der Waals surface area contributed by atoms with E-state index in [-0.39, 0.29) is 36.1 Å². The van der Waals surface area contributed by atoms with E-state index >= 15 is 0 Å². The van der Waals surface area contributed by atoms with Gasteiger partial charge in [-0.15, -0.1) is 0 Å². The van der Waals surface area contributed by atoms with Crippen LogP contribution in [0.1, 0.15) is 55.6 Å². The van der Waals surface area contributed by atoms with Gasteiger partial charge in [0.25, 0.3) is 0 Å². The molecule has 2 atom stereocenters. The average Bonchev–Trinajstić information content (AvgIpc) is 2.68. The molecule has 4 rings (SSSR count). The molecule has 2 saturated heterocycles. The minimum atomic E-state index is -0.344. The van der Waals surface area contributed by atoms with Crippen LogP contribution >= 0.6 is 0 Å². The number of amides is 1. The van der Waals surface area contributed by atoms with Gasteiger partial charge in [0.05, 0.1) is 30.9 Å². The van der Waals surface area contributed by atoms with E-state index in [1.807, 2.05) is 13.0 Å². The number of morpholine rings is 1. The van der Waals surface area contributed by atoms with Gasteiger partial charge in [-0.25, -0.2) is 4.98 Å². The lowest BCUT2D eigenvalue weighted by molar-refractivity contribution is -0.139. The molecule has 2 aliphatic heterocycles. The van der Waals surface area contributed by atoms with Crippen molar-refractivity contribution in [2.75, 3.05) is 26.4 Å². The summed E-state index contributed by atoms with van der Waals surface area (Å²) in [5, 5.41) is 16.8. The second-order valence-electron chi connectivity index (χ2n) is 8.48. The standard InChI is InChI=1S/C21H31N3O4/c1-14-7-10-23-20(26)19(14)15-3-5-16(6-4-15)28-11-17-21(8-2-9-22-17)13-27-12-18(25)24-21/h7,10,15-17,22H,2-6,8-9,11-13H2,1H3,(H,23,26)(H,24,25). The fourth-order valence-corrected chi connectivity index (χ4v) is 5.08. The molecule has 28 heavy (non-hydrogen) atoms. The first-order chi connectivity index (χ1) is 13.6. The maximum Gasteiger partial charge on any atom is 0.246 e. The van der Waals surface area contributed by atoms with Crippen LogP contribution in [-0.2, 0) is 14.3 Å². The predicted octanol–water partition coefficient (Wildman–Crippen LogP) is 1.78. The van der Waals surface area contributed by atoms with Crippen molar-refractivity contribution in [1.29, 1.82) is 0 Å². The lowest BCUT2D eigenvalue weighted by Gasteiger charge is -2.47. The Morgan fingerprint density at radius 3 is 2.93 bits per heavy atom. The van der Waals surface area contributed by atoms with E-state index in [0.29, 0.717) is 19.1 Å². The van der Waals surface area contributed by atoms with Gasteiger partial charge in [-0.2, -0.15) is 0 Å². The predicted molar refractivity (Wildman–Crippen MR) is 104 cm³/mol. The number of rotatable bonds is 4. The number of pyridine rings is 1. The second kappa shape index (κ2) is 8.35. The first kappa shape index (κ1) is 19.6. The highest BCUT2D eigenvalue weighted by Gasteiger charge is 2.45. The van der Waals surface area contributed by atoms with Crippen LogP contribution < -0.4 is 10.6 Å². The molecule has 3 fully saturated rings. The first-order valence-corrected chi connectivity index (χ1v) is 10.5. The van der Waals surface area contributed by atoms with Crippen molar-refractivity contribution in [3.8, 4) is 5.88 Å². The molecule has 0 radical (unpaired) electrons. The van der Waals surface area contributed by atoms with E-state index in [1.54, 1.807) is 6.20 Å². The number of ether oxygens (including phenoxy) is 2. The summed E-state index contributed by atoms with van der Waals surface area (Å²) >= 11 is 0. The van der Waals surface area contributed by atoms with Gasteiger partial charge >= 0.3 is 0 Å². The summed E-state index contributed by atoms with van der Waals surface area (Å²) in [6.07, 6.45) is 7.76. The Bertz CT molecular complexity index is 681. The van der Waals surface area contributed by atoms with Gasteiger partial charge in [-0.3, -0.25) is 4.79 Å². The van der Waals surface area contributed by atoms with Gasteiger partial charge in [0.1, 0.15) is 6.61 Å². The minimum Gasteiger partial charge on any atom is -0.493 e. The van der Waals surface area contributed by atoms with Crippen molar-refractivity contribution in [1.82, 2.24) is 15.6 Å². The zero-order valence-electron chi connectivity index (χ0n) is 16.6. The summed E-state index contributed by atoms with van der Waals surface area (Å²) in [5.41, 5.74) is 1.76. The lowest BCUT2D eigenvalue weighted by atomic mass is 9.81. The maximum atomic E-state index is 11.9. The molecule has 1 spiro atoms. The molecule has 7 heteroatoms. The number of carbonyl (C=O) groups is 1. The Kier molecular flexibility index (Phi) is 5.85. The Morgan fingerprint density at radius 1 is 1.36 bits per heavy atom. The zero-order chi connectivity index (χ0) is 19.6. The van der Waals surface area contributed by atoms with Crippen molar-refractivity contribution in [3.05, 3.63) is 23.4 Å². The zero-order valence-corrected chi connectivity index (χ0v) is 16.6. The maximum absolute atomic E-state index is 11.9. The van der Waals surface area contributed by atoms with Gasteiger partial charge in [0, 0.05) is 11.8 Å². The highest BCUT2D eigenvalue weighted by atomic mass is 16.5. The van der Waals surface area contributed by atoms with Crippen LogP contribution in [0.2, 0.25) is 0 Å². The molecule has 2 unspecified atom stereocenters. The van der Waals surface area contributed by atoms with E-state index in [4.69, 9.17) is 9.47 Å². The molecule has 1 saturated carbocycles. The van der Waals surface area contributed by atoms with Crippen molar-refractivity contribution in [3.63, 3.8) is 0 Å². The Labute approximate surface area is 166 Å². The van der Waals surface area contributed by atoms with E-state index in [0.717, 1.165) is 56.2 Å². The van der Waals surface area contributed by atoms with Gasteiger partial charge in [-0.05, 0) is 69.5 Å². The number of aryl methyl sites for hydroxylation is 1. The number of hydrogen-bond donors (Lipinski definition) is 3. The molecule has 1 amide bonds. The monoisotopic (exact) mass is 389 g/mol. The summed E-state index contributed by atoms with van der Waals surface area (Å²) in [5.74, 6) is 0.483. The molecule has 7 nitrogen and oxygen atoms in total. The second-order valence-corrected chi connectivity index (χ2v) is 8.48. The van der Waals surface area contributed by atoms with Crippen LogP contribution in [0.5, 0.6) is 5.88 Å². The van der Waals surface area contributed by atoms with E-state index < -0.39 is 0 Å². The quantitative estimate of drug-likeness (QED) is 0.727. The van der Waals surface area contributed by atoms with Crippen molar-refractivity contribution in [2.45, 2.75) is 69.1 Å². The van der Waals surface area contributed by atoms with Crippen LogP contribution in [0.3, 0.4) is 0 Å². The molecule has 3 N–H and O–H groups in total. The highest BCUT2D eigenvalue weighted by Crippen LogP contribution is 2.39. The summed E-state index contributed by atoms with van der Waals surface area (Å²) < 4.78 is 11.8. The molecule has 3 heterocycles. The fraction of sp³-hybridized carbons (Fsp3) is 0.714. The summed E-state index contributed by atoms with van der Waals surface area (Å²) in [6.45, 7) is 4.26. The summed E-state index contributed by atoms with van der Waals surface area (Å²) in [6, 6.07) is 2.04. The van der Waals surface area contributed by atoms with Crippen LogP contribution in [0, 0.1) is 6.92 Å². The molecule has 1 aromatic heterocycles. The molecule has 1 aromatic rings. The van der Waals surface area contributed by atoms with Crippen LogP contribution in [0.25, 0.3) is 0 Å². The van der Waals surface area contributed by atoms with Crippen molar-refractivity contribution in [2.24, 2.45) is 0 Å². The van der Waals surface area contributed by atoms with Crippen molar-refractivity contribution >= 4 is 5.91 Å². The van der Waals surface area contributed by atoms with Crippen LogP contribution in [0.4, 0.5) is 0 Å². The number of piperidine rings is 1. The molecular formula is C21H31N3O4. The Balaban J connectivity index is 1.32. The molecule has 1 aliphatic carbocycles. The Morgan fingerprint density at radius 2 is 2.18 bits per heavy atom. The van der Waals surface area contributed by atoms with Gasteiger partial charge in [-0.1, -0.05) is 0 Å². The van der Waals surface area contributed by atoms with E-state index in [2.05, 4.69) is 15.6 Å². The number of hydrogen-bond acceptors (Lipinski definition) is 6. The Hall–Kier alpha value is -1.70. The third kappa shape index (κ3) is 4.02. The molecule has 3 aliphatic rings. The minimum absolute atomic E-state index is 0.0351. The van der Waals surface area contributed by atoms with Crippen LogP contribution in [-0.4, -0.2) is 60.0 Å². The normalized spacial score (nSPS) is 33.6. The number of aromatic hydroxyl groups is 1. The smallest absolute Gasteiger partial charge is 0.246 e. The topological polar surface area (TPSA) is 92.7 Å². The van der Waals surface area contributed by atoms with Crippen molar-refractivity contribution < 1.29 is 19.4 Å². The third-order valence-corrected chi connectivity index (χ3v) is 6.61. The van der Waals surface area contributed by atoms with Gasteiger partial charge < -0.3 is 25.2 Å². The van der Waals surface area contributed by atoms with E-state index in [9.17, 15) is 9.90 Å². The van der Waals surface area contributed by atoms with Gasteiger partial charge in [0.2, 0.25) is 11.8 Å². The first-order valence-electron chi connectivity index (χ1n) is 10.5. The number of aromatic nitrogens is 1. The number of nitrogens with zero attached hydrogens (tertiary/aromatic N) is 1. The summed E-state index contributed by atoms with van der Waals surface area (Å²) in [7, 11) is 0. The SMILES string of the molecule is Cc1ccnc(O)c1C1CCC(OCC2NCCCC23COCC(=O)N3)CC1. The molecule has 0 aromatic carbocycles. The van der Waals surface area contributed by atoms with E-state index in [1.165, 1.54) is 0 Å². The number of carbonyl (C=O) groups excluding carboxylic acids is 1. The third-order valence-electron chi connectivity index (χ3n) is 6.61. The molecular weight excluding hydrogens is 358 g/mol. The molecule has 154 valence electrons. The van der Waals surface area contributed by atoms with Gasteiger partial charge in [0.15, 0.2) is 0 Å².